The van der Waals surface area contributed by atoms with Gasteiger partial charge >= 0.3 is 0 Å². The first-order valence-electron chi connectivity index (χ1n) is 5.29. The minimum atomic E-state index is -0.142. The maximum atomic E-state index is 11.8. The second-order valence-corrected chi connectivity index (χ2v) is 4.78. The summed E-state index contributed by atoms with van der Waals surface area (Å²) in [5, 5.41) is 8.97. The number of aromatic nitrogens is 3. The Kier molecular flexibility index (Phi) is 3.78. The average Bonchev–Trinajstić information content (AvgIpc) is 2.86. The van der Waals surface area contributed by atoms with Crippen molar-refractivity contribution in [2.24, 2.45) is 0 Å². The normalized spacial score (nSPS) is 10.8. The van der Waals surface area contributed by atoms with E-state index in [-0.39, 0.29) is 5.78 Å². The molecule has 0 amide bonds. The Balaban J connectivity index is 2.19. The predicted octanol–water partition coefficient (Wildman–Crippen LogP) is 1.86. The van der Waals surface area contributed by atoms with E-state index in [9.17, 15) is 4.79 Å². The Morgan fingerprint density at radius 1 is 1.39 bits per heavy atom. The summed E-state index contributed by atoms with van der Waals surface area (Å²) in [4.78, 5) is 17.6. The van der Waals surface area contributed by atoms with Crippen molar-refractivity contribution < 1.29 is 4.79 Å². The van der Waals surface area contributed by atoms with Crippen LogP contribution >= 0.6 is 11.3 Å². The van der Waals surface area contributed by atoms with E-state index in [2.05, 4.69) is 15.2 Å². The van der Waals surface area contributed by atoms with Crippen molar-refractivity contribution in [3.63, 3.8) is 0 Å². The molecule has 0 unspecified atom stereocenters. The van der Waals surface area contributed by atoms with Crippen molar-refractivity contribution >= 4 is 17.1 Å². The fraction of sp³-hybridized carbons (Fsp3) is 0.167. The molecule has 18 heavy (non-hydrogen) atoms. The van der Waals surface area contributed by atoms with E-state index in [1.165, 1.54) is 17.4 Å². The highest BCUT2D eigenvalue weighted by Crippen LogP contribution is 2.22. The van der Waals surface area contributed by atoms with Gasteiger partial charge in [0, 0.05) is 44.3 Å². The standard InChI is InChI=1S/C12H12N4OS/c1-16(2)7-5-10(17)12-15-14-11(18-12)9-4-3-6-13-8-9/h3-8H,1-2H3. The molecule has 0 bridgehead atoms. The van der Waals surface area contributed by atoms with E-state index in [1.54, 1.807) is 23.5 Å². The minimum Gasteiger partial charge on any atom is -0.383 e. The first-order valence-corrected chi connectivity index (χ1v) is 6.11. The maximum Gasteiger partial charge on any atom is 0.217 e. The molecular formula is C12H12N4OS. The van der Waals surface area contributed by atoms with Gasteiger partial charge in [0.25, 0.3) is 0 Å². The third kappa shape index (κ3) is 2.98. The number of allylic oxidation sites excluding steroid dienone is 1. The van der Waals surface area contributed by atoms with Gasteiger partial charge in [0.2, 0.25) is 5.78 Å². The van der Waals surface area contributed by atoms with Crippen molar-refractivity contribution in [1.82, 2.24) is 20.1 Å². The summed E-state index contributed by atoms with van der Waals surface area (Å²) < 4.78 is 0. The summed E-state index contributed by atoms with van der Waals surface area (Å²) in [7, 11) is 3.70. The van der Waals surface area contributed by atoms with Crippen molar-refractivity contribution in [3.8, 4) is 10.6 Å². The molecule has 0 saturated carbocycles. The zero-order valence-electron chi connectivity index (χ0n) is 10.1. The number of ketones is 1. The summed E-state index contributed by atoms with van der Waals surface area (Å²) in [6.45, 7) is 0. The lowest BCUT2D eigenvalue weighted by Crippen LogP contribution is -2.02. The van der Waals surface area contributed by atoms with Crippen molar-refractivity contribution in [2.75, 3.05) is 14.1 Å². The largest absolute Gasteiger partial charge is 0.383 e. The number of hydrogen-bond donors (Lipinski definition) is 0. The lowest BCUT2D eigenvalue weighted by molar-refractivity contribution is 0.104. The van der Waals surface area contributed by atoms with Crippen molar-refractivity contribution in [3.05, 3.63) is 41.8 Å². The fourth-order valence-electron chi connectivity index (χ4n) is 1.22. The zero-order chi connectivity index (χ0) is 13.0. The molecule has 0 spiro atoms. The molecular weight excluding hydrogens is 248 g/mol. The third-order valence-corrected chi connectivity index (χ3v) is 3.06. The summed E-state index contributed by atoms with van der Waals surface area (Å²) in [6, 6.07) is 3.71. The second-order valence-electron chi connectivity index (χ2n) is 3.80. The Labute approximate surface area is 109 Å². The molecule has 92 valence electrons. The Morgan fingerprint density at radius 3 is 2.89 bits per heavy atom. The Morgan fingerprint density at radius 2 is 2.22 bits per heavy atom. The van der Waals surface area contributed by atoms with E-state index < -0.39 is 0 Å². The van der Waals surface area contributed by atoms with Gasteiger partial charge in [-0.1, -0.05) is 11.3 Å². The van der Waals surface area contributed by atoms with Gasteiger partial charge in [0.15, 0.2) is 5.01 Å². The van der Waals surface area contributed by atoms with E-state index in [1.807, 2.05) is 26.2 Å². The summed E-state index contributed by atoms with van der Waals surface area (Å²) in [5.74, 6) is -0.142. The van der Waals surface area contributed by atoms with Crippen LogP contribution in [0.3, 0.4) is 0 Å². The molecule has 0 aliphatic carbocycles. The number of carbonyl (C=O) groups is 1. The Hall–Kier alpha value is -2.08. The van der Waals surface area contributed by atoms with Gasteiger partial charge in [-0.3, -0.25) is 9.78 Å². The van der Waals surface area contributed by atoms with Gasteiger partial charge in [-0.25, -0.2) is 0 Å². The zero-order valence-corrected chi connectivity index (χ0v) is 10.9. The molecule has 0 saturated heterocycles. The van der Waals surface area contributed by atoms with Crippen LogP contribution in [-0.4, -0.2) is 40.0 Å². The molecule has 2 aromatic rings. The molecule has 0 N–H and O–H groups in total. The monoisotopic (exact) mass is 260 g/mol. The van der Waals surface area contributed by atoms with Gasteiger partial charge in [0.05, 0.1) is 0 Å². The molecule has 0 aliphatic rings. The highest BCUT2D eigenvalue weighted by Gasteiger charge is 2.11. The first-order chi connectivity index (χ1) is 8.66. The number of pyridine rings is 1. The lowest BCUT2D eigenvalue weighted by Gasteiger charge is -2.01. The summed E-state index contributed by atoms with van der Waals surface area (Å²) in [6.07, 6.45) is 6.56. The topological polar surface area (TPSA) is 59.0 Å². The molecule has 0 atom stereocenters. The average molecular weight is 260 g/mol. The van der Waals surface area contributed by atoms with Crippen LogP contribution in [-0.2, 0) is 0 Å². The number of nitrogens with zero attached hydrogens (tertiary/aromatic N) is 4. The van der Waals surface area contributed by atoms with E-state index >= 15 is 0 Å². The number of rotatable bonds is 4. The predicted molar refractivity (Wildman–Crippen MR) is 70.3 cm³/mol. The van der Waals surface area contributed by atoms with Crippen molar-refractivity contribution in [2.45, 2.75) is 0 Å². The Bertz CT molecular complexity index is 562. The van der Waals surface area contributed by atoms with Crippen LogP contribution in [0.15, 0.2) is 36.8 Å². The second kappa shape index (κ2) is 5.50. The highest BCUT2D eigenvalue weighted by atomic mass is 32.1. The molecule has 2 heterocycles. The highest BCUT2D eigenvalue weighted by molar-refractivity contribution is 7.16. The molecule has 5 nitrogen and oxygen atoms in total. The van der Waals surface area contributed by atoms with E-state index in [4.69, 9.17) is 0 Å². The minimum absolute atomic E-state index is 0.142. The quantitative estimate of drug-likeness (QED) is 0.620. The third-order valence-electron chi connectivity index (χ3n) is 2.07. The van der Waals surface area contributed by atoms with Gasteiger partial charge in [-0.2, -0.15) is 0 Å². The van der Waals surface area contributed by atoms with Gasteiger partial charge in [-0.15, -0.1) is 10.2 Å². The number of hydrogen-bond acceptors (Lipinski definition) is 6. The summed E-state index contributed by atoms with van der Waals surface area (Å²) >= 11 is 1.26. The lowest BCUT2D eigenvalue weighted by atomic mass is 10.3. The molecule has 6 heteroatoms. The summed E-state index contributed by atoms with van der Waals surface area (Å²) in [5.41, 5.74) is 0.866. The van der Waals surface area contributed by atoms with Gasteiger partial charge in [0.1, 0.15) is 5.01 Å². The smallest absolute Gasteiger partial charge is 0.217 e. The number of carbonyl (C=O) groups excluding carboxylic acids is 1. The van der Waals surface area contributed by atoms with Gasteiger partial charge < -0.3 is 4.90 Å². The molecule has 0 fully saturated rings. The first kappa shape index (κ1) is 12.4. The van der Waals surface area contributed by atoms with Crippen LogP contribution in [0.25, 0.3) is 10.6 Å². The van der Waals surface area contributed by atoms with Crippen LogP contribution < -0.4 is 0 Å². The molecule has 0 aliphatic heterocycles. The van der Waals surface area contributed by atoms with Gasteiger partial charge in [-0.05, 0) is 12.1 Å². The maximum absolute atomic E-state index is 11.8. The van der Waals surface area contributed by atoms with Crippen LogP contribution in [0, 0.1) is 0 Å². The van der Waals surface area contributed by atoms with Crippen LogP contribution in [0.2, 0.25) is 0 Å². The van der Waals surface area contributed by atoms with Crippen molar-refractivity contribution in [1.29, 1.82) is 0 Å². The van der Waals surface area contributed by atoms with Crippen LogP contribution in [0.5, 0.6) is 0 Å². The van der Waals surface area contributed by atoms with Crippen LogP contribution in [0.4, 0.5) is 0 Å². The van der Waals surface area contributed by atoms with E-state index in [0.29, 0.717) is 10.0 Å². The molecule has 0 aromatic carbocycles. The van der Waals surface area contributed by atoms with E-state index in [0.717, 1.165) is 5.56 Å². The molecule has 2 aromatic heterocycles. The molecule has 0 radical (unpaired) electrons. The van der Waals surface area contributed by atoms with Crippen LogP contribution in [0.1, 0.15) is 9.80 Å². The fourth-order valence-corrected chi connectivity index (χ4v) is 1.97. The SMILES string of the molecule is CN(C)C=CC(=O)c1nnc(-c2cccnc2)s1. The molecule has 2 rings (SSSR count).